The minimum atomic E-state index is -0.713. The van der Waals surface area contributed by atoms with Crippen molar-refractivity contribution in [1.82, 2.24) is 14.5 Å². The number of benzene rings is 1. The Morgan fingerprint density at radius 3 is 2.74 bits per heavy atom. The standard InChI is InChI=1S/C22H27N5O4/c1-4-5-10-27-19(23)18(20(28)25-22(27)30)26(11-12-31-3)21(29)16-13-14(2)24-17-9-7-6-8-15(16)17/h6-9,13H,4-5,10-12,23H2,1-3H3,(H,25,28,30). The van der Waals surface area contributed by atoms with E-state index in [-0.39, 0.29) is 24.7 Å². The van der Waals surface area contributed by atoms with E-state index >= 15 is 0 Å². The number of amides is 1. The lowest BCUT2D eigenvalue weighted by Crippen LogP contribution is -2.42. The van der Waals surface area contributed by atoms with Crippen LogP contribution in [0.25, 0.3) is 10.9 Å². The van der Waals surface area contributed by atoms with E-state index in [1.54, 1.807) is 19.1 Å². The van der Waals surface area contributed by atoms with Gasteiger partial charge in [-0.1, -0.05) is 31.5 Å². The number of rotatable bonds is 8. The lowest BCUT2D eigenvalue weighted by Gasteiger charge is -2.25. The lowest BCUT2D eigenvalue weighted by molar-refractivity contribution is 0.0977. The summed E-state index contributed by atoms with van der Waals surface area (Å²) >= 11 is 0. The van der Waals surface area contributed by atoms with Crippen molar-refractivity contribution in [2.75, 3.05) is 30.9 Å². The van der Waals surface area contributed by atoms with Crippen LogP contribution in [0.4, 0.5) is 11.5 Å². The summed E-state index contributed by atoms with van der Waals surface area (Å²) in [4.78, 5) is 46.8. The van der Waals surface area contributed by atoms with Crippen LogP contribution in [0.15, 0.2) is 39.9 Å². The second kappa shape index (κ2) is 9.57. The van der Waals surface area contributed by atoms with Crippen molar-refractivity contribution in [3.05, 3.63) is 62.4 Å². The number of ether oxygens (including phenoxy) is 1. The zero-order valence-electron chi connectivity index (χ0n) is 18.0. The predicted octanol–water partition coefficient (Wildman–Crippen LogP) is 2.07. The van der Waals surface area contributed by atoms with Gasteiger partial charge in [-0.15, -0.1) is 0 Å². The van der Waals surface area contributed by atoms with Gasteiger partial charge in [-0.2, -0.15) is 0 Å². The van der Waals surface area contributed by atoms with Crippen LogP contribution >= 0.6 is 0 Å². The molecule has 0 bridgehead atoms. The van der Waals surface area contributed by atoms with Crippen LogP contribution in [0.3, 0.4) is 0 Å². The molecule has 0 spiro atoms. The third-order valence-electron chi connectivity index (χ3n) is 5.06. The summed E-state index contributed by atoms with van der Waals surface area (Å²) in [7, 11) is 1.50. The number of carbonyl (C=O) groups is 1. The quantitative estimate of drug-likeness (QED) is 0.569. The fraction of sp³-hybridized carbons (Fsp3) is 0.364. The third kappa shape index (κ3) is 4.51. The third-order valence-corrected chi connectivity index (χ3v) is 5.06. The van der Waals surface area contributed by atoms with E-state index in [0.29, 0.717) is 35.1 Å². The maximum atomic E-state index is 13.7. The minimum Gasteiger partial charge on any atom is -0.383 e. The molecule has 0 radical (unpaired) electrons. The molecule has 3 rings (SSSR count). The van der Waals surface area contributed by atoms with Gasteiger partial charge >= 0.3 is 5.69 Å². The fourth-order valence-electron chi connectivity index (χ4n) is 3.50. The first-order valence-electron chi connectivity index (χ1n) is 10.2. The van der Waals surface area contributed by atoms with Gasteiger partial charge in [0.25, 0.3) is 11.5 Å². The van der Waals surface area contributed by atoms with E-state index in [4.69, 9.17) is 10.5 Å². The van der Waals surface area contributed by atoms with E-state index in [9.17, 15) is 14.4 Å². The van der Waals surface area contributed by atoms with E-state index in [0.717, 1.165) is 6.42 Å². The zero-order chi connectivity index (χ0) is 22.5. The highest BCUT2D eigenvalue weighted by atomic mass is 16.5. The van der Waals surface area contributed by atoms with E-state index in [1.807, 2.05) is 25.1 Å². The molecule has 0 aliphatic heterocycles. The number of aryl methyl sites for hydroxylation is 1. The summed E-state index contributed by atoms with van der Waals surface area (Å²) in [5, 5.41) is 0.662. The van der Waals surface area contributed by atoms with Gasteiger partial charge in [0.05, 0.1) is 17.7 Å². The molecular formula is C22H27N5O4. The molecule has 0 saturated carbocycles. The maximum absolute atomic E-state index is 13.7. The van der Waals surface area contributed by atoms with Gasteiger partial charge in [0.2, 0.25) is 0 Å². The van der Waals surface area contributed by atoms with Crippen LogP contribution in [-0.2, 0) is 11.3 Å². The Kier molecular flexibility index (Phi) is 6.86. The highest BCUT2D eigenvalue weighted by Gasteiger charge is 2.26. The zero-order valence-corrected chi connectivity index (χ0v) is 18.0. The van der Waals surface area contributed by atoms with Gasteiger partial charge in [0.1, 0.15) is 5.82 Å². The molecule has 0 aliphatic carbocycles. The second-order valence-corrected chi connectivity index (χ2v) is 7.28. The largest absolute Gasteiger partial charge is 0.383 e. The Bertz CT molecular complexity index is 1210. The van der Waals surface area contributed by atoms with Crippen molar-refractivity contribution in [3.8, 4) is 0 Å². The summed E-state index contributed by atoms with van der Waals surface area (Å²) in [6.45, 7) is 4.40. The molecule has 0 saturated heterocycles. The number of nitrogens with one attached hydrogen (secondary N) is 1. The lowest BCUT2D eigenvalue weighted by atomic mass is 10.1. The Balaban J connectivity index is 2.20. The van der Waals surface area contributed by atoms with E-state index < -0.39 is 17.2 Å². The monoisotopic (exact) mass is 425 g/mol. The molecule has 0 fully saturated rings. The number of H-pyrrole nitrogens is 1. The fourth-order valence-corrected chi connectivity index (χ4v) is 3.50. The normalized spacial score (nSPS) is 11.1. The van der Waals surface area contributed by atoms with Crippen molar-refractivity contribution in [2.24, 2.45) is 0 Å². The number of nitrogens with two attached hydrogens (primary N) is 1. The topological polar surface area (TPSA) is 123 Å². The molecule has 1 amide bonds. The first-order valence-corrected chi connectivity index (χ1v) is 10.2. The number of carbonyl (C=O) groups excluding carboxylic acids is 1. The number of hydrogen-bond acceptors (Lipinski definition) is 6. The molecule has 1 aromatic carbocycles. The van der Waals surface area contributed by atoms with Crippen molar-refractivity contribution >= 4 is 28.3 Å². The van der Waals surface area contributed by atoms with Crippen LogP contribution in [0.5, 0.6) is 0 Å². The van der Waals surface area contributed by atoms with Gasteiger partial charge < -0.3 is 10.5 Å². The average Bonchev–Trinajstić information content (AvgIpc) is 2.74. The van der Waals surface area contributed by atoms with Crippen LogP contribution in [0.1, 0.15) is 35.8 Å². The minimum absolute atomic E-state index is 0.0401. The number of nitrogen functional groups attached to an aromatic ring is 1. The number of para-hydroxylation sites is 1. The van der Waals surface area contributed by atoms with Crippen molar-refractivity contribution in [2.45, 2.75) is 33.2 Å². The molecule has 164 valence electrons. The Hall–Kier alpha value is -3.46. The van der Waals surface area contributed by atoms with Gasteiger partial charge in [-0.05, 0) is 25.5 Å². The van der Waals surface area contributed by atoms with Crippen LogP contribution < -0.4 is 21.9 Å². The van der Waals surface area contributed by atoms with Crippen molar-refractivity contribution in [1.29, 1.82) is 0 Å². The number of nitrogens with zero attached hydrogens (tertiary/aromatic N) is 3. The Morgan fingerprint density at radius 2 is 2.03 bits per heavy atom. The summed E-state index contributed by atoms with van der Waals surface area (Å²) in [6.07, 6.45) is 1.55. The molecule has 2 aromatic heterocycles. The van der Waals surface area contributed by atoms with E-state index in [1.165, 1.54) is 16.6 Å². The Labute approximate surface area is 179 Å². The molecule has 9 nitrogen and oxygen atoms in total. The summed E-state index contributed by atoms with van der Waals surface area (Å²) in [6, 6.07) is 8.98. The first-order chi connectivity index (χ1) is 14.9. The van der Waals surface area contributed by atoms with Crippen molar-refractivity contribution in [3.63, 3.8) is 0 Å². The molecule has 9 heteroatoms. The SMILES string of the molecule is CCCCn1c(N)c(N(CCOC)C(=O)c2cc(C)nc3ccccc23)c(=O)[nH]c1=O. The van der Waals surface area contributed by atoms with Crippen LogP contribution in [0.2, 0.25) is 0 Å². The van der Waals surface area contributed by atoms with Gasteiger partial charge in [0, 0.05) is 31.3 Å². The Morgan fingerprint density at radius 1 is 1.29 bits per heavy atom. The predicted molar refractivity (Wildman–Crippen MR) is 121 cm³/mol. The summed E-state index contributed by atoms with van der Waals surface area (Å²) < 4.78 is 6.46. The van der Waals surface area contributed by atoms with Crippen LogP contribution in [-0.4, -0.2) is 40.7 Å². The number of anilines is 2. The van der Waals surface area contributed by atoms with Crippen LogP contribution in [0, 0.1) is 6.92 Å². The summed E-state index contributed by atoms with van der Waals surface area (Å²) in [5.41, 5.74) is 6.62. The maximum Gasteiger partial charge on any atom is 0.330 e. The molecule has 2 heterocycles. The second-order valence-electron chi connectivity index (χ2n) is 7.28. The molecule has 0 aliphatic rings. The molecular weight excluding hydrogens is 398 g/mol. The van der Waals surface area contributed by atoms with E-state index in [2.05, 4.69) is 9.97 Å². The highest BCUT2D eigenvalue weighted by molar-refractivity contribution is 6.14. The number of methoxy groups -OCH3 is 1. The van der Waals surface area contributed by atoms with Gasteiger partial charge in [0.15, 0.2) is 5.69 Å². The van der Waals surface area contributed by atoms with Gasteiger partial charge in [-0.25, -0.2) is 4.79 Å². The molecule has 3 aromatic rings. The molecule has 0 atom stereocenters. The number of aromatic nitrogens is 3. The highest BCUT2D eigenvalue weighted by Crippen LogP contribution is 2.24. The molecule has 31 heavy (non-hydrogen) atoms. The number of aromatic amines is 1. The number of unbranched alkanes of at least 4 members (excludes halogenated alkanes) is 1. The molecule has 3 N–H and O–H groups in total. The number of fused-ring (bicyclic) bond motifs is 1. The summed E-state index contributed by atoms with van der Waals surface area (Å²) in [5.74, 6) is -0.460. The van der Waals surface area contributed by atoms with Crippen molar-refractivity contribution < 1.29 is 9.53 Å². The van der Waals surface area contributed by atoms with Gasteiger partial charge in [-0.3, -0.25) is 29.0 Å². The number of hydrogen-bond donors (Lipinski definition) is 2. The number of pyridine rings is 1. The average molecular weight is 425 g/mol. The smallest absolute Gasteiger partial charge is 0.330 e. The molecule has 0 unspecified atom stereocenters. The first kappa shape index (κ1) is 22.2.